The van der Waals surface area contributed by atoms with E-state index in [1.54, 1.807) is 11.8 Å². The Labute approximate surface area is 124 Å². The van der Waals surface area contributed by atoms with Crippen molar-refractivity contribution in [1.82, 2.24) is 4.98 Å². The van der Waals surface area contributed by atoms with Gasteiger partial charge in [0, 0.05) is 17.0 Å². The minimum Gasteiger partial charge on any atom is -0.245 e. The van der Waals surface area contributed by atoms with E-state index in [2.05, 4.69) is 24.6 Å². The highest BCUT2D eigenvalue weighted by Gasteiger charge is 2.10. The molecule has 0 aliphatic heterocycles. The van der Waals surface area contributed by atoms with Gasteiger partial charge in [-0.2, -0.15) is 5.26 Å². The molecule has 20 heavy (non-hydrogen) atoms. The van der Waals surface area contributed by atoms with Gasteiger partial charge in [-0.05, 0) is 26.3 Å². The number of aromatic nitrogens is 1. The van der Waals surface area contributed by atoms with Gasteiger partial charge in [0.15, 0.2) is 0 Å². The number of rotatable bonds is 8. The van der Waals surface area contributed by atoms with Gasteiger partial charge in [0.25, 0.3) is 0 Å². The van der Waals surface area contributed by atoms with E-state index in [0.29, 0.717) is 18.8 Å². The van der Waals surface area contributed by atoms with E-state index in [1.807, 2.05) is 19.9 Å². The largest absolute Gasteiger partial charge is 0.245 e. The van der Waals surface area contributed by atoms with Crippen molar-refractivity contribution in [3.8, 4) is 6.07 Å². The number of nitrogens with zero attached hydrogens (tertiary/aromatic N) is 2. The van der Waals surface area contributed by atoms with E-state index >= 15 is 0 Å². The fourth-order valence-corrected chi connectivity index (χ4v) is 2.43. The Kier molecular flexibility index (Phi) is 7.31. The van der Waals surface area contributed by atoms with Crippen molar-refractivity contribution in [1.29, 1.82) is 5.26 Å². The molecular formula is C15H20N2O2S. The van der Waals surface area contributed by atoms with Crippen LogP contribution in [0.5, 0.6) is 0 Å². The van der Waals surface area contributed by atoms with Gasteiger partial charge in [0.2, 0.25) is 0 Å². The van der Waals surface area contributed by atoms with E-state index in [0.717, 1.165) is 34.0 Å². The maximum atomic E-state index is 9.23. The molecule has 0 atom stereocenters. The molecule has 0 aliphatic carbocycles. The predicted octanol–water partition coefficient (Wildman–Crippen LogP) is 3.79. The Morgan fingerprint density at radius 3 is 2.80 bits per heavy atom. The monoisotopic (exact) mass is 292 g/mol. The Hall–Kier alpha value is -1.35. The van der Waals surface area contributed by atoms with Crippen LogP contribution in [0.15, 0.2) is 23.2 Å². The van der Waals surface area contributed by atoms with Gasteiger partial charge in [-0.25, -0.2) is 14.8 Å². The highest BCUT2D eigenvalue weighted by atomic mass is 32.2. The SMILES string of the molecule is C=C(CC)CSc1nc(C)c(COOCC)cc1C#N. The zero-order valence-electron chi connectivity index (χ0n) is 12.2. The van der Waals surface area contributed by atoms with E-state index in [-0.39, 0.29) is 0 Å². The van der Waals surface area contributed by atoms with E-state index in [1.165, 1.54) is 0 Å². The summed E-state index contributed by atoms with van der Waals surface area (Å²) in [5.41, 5.74) is 3.43. The average Bonchev–Trinajstić information content (AvgIpc) is 2.46. The highest BCUT2D eigenvalue weighted by Crippen LogP contribution is 2.25. The van der Waals surface area contributed by atoms with Gasteiger partial charge < -0.3 is 0 Å². The lowest BCUT2D eigenvalue weighted by Crippen LogP contribution is -2.02. The third-order valence-corrected chi connectivity index (χ3v) is 3.87. The van der Waals surface area contributed by atoms with Crippen LogP contribution >= 0.6 is 11.8 Å². The number of nitriles is 1. The maximum absolute atomic E-state index is 9.23. The molecule has 0 unspecified atom stereocenters. The van der Waals surface area contributed by atoms with Crippen LogP contribution in [0.2, 0.25) is 0 Å². The number of aryl methyl sites for hydroxylation is 1. The first kappa shape index (κ1) is 16.7. The molecule has 108 valence electrons. The van der Waals surface area contributed by atoms with Gasteiger partial charge in [-0.1, -0.05) is 19.1 Å². The first-order valence-electron chi connectivity index (χ1n) is 6.56. The standard InChI is InChI=1S/C15H20N2O2S/c1-5-11(3)10-20-15-13(8-16)7-14(12(4)17-15)9-19-18-6-2/h7H,3,5-6,9-10H2,1-2,4H3. The summed E-state index contributed by atoms with van der Waals surface area (Å²) in [5.74, 6) is 0.784. The molecule has 0 amide bonds. The van der Waals surface area contributed by atoms with E-state index in [9.17, 15) is 5.26 Å². The molecule has 4 nitrogen and oxygen atoms in total. The quantitative estimate of drug-likeness (QED) is 0.240. The Balaban J connectivity index is 2.84. The average molecular weight is 292 g/mol. The highest BCUT2D eigenvalue weighted by molar-refractivity contribution is 7.99. The van der Waals surface area contributed by atoms with Crippen molar-refractivity contribution < 1.29 is 9.78 Å². The Bertz CT molecular complexity index is 509. The molecule has 0 fully saturated rings. The summed E-state index contributed by atoms with van der Waals surface area (Å²) >= 11 is 1.55. The van der Waals surface area contributed by atoms with Crippen LogP contribution in [0.3, 0.4) is 0 Å². The third kappa shape index (κ3) is 4.97. The zero-order chi connectivity index (χ0) is 15.0. The first-order valence-corrected chi connectivity index (χ1v) is 7.55. The second-order valence-electron chi connectivity index (χ2n) is 4.26. The van der Waals surface area contributed by atoms with Gasteiger partial charge in [-0.15, -0.1) is 11.8 Å². The lowest BCUT2D eigenvalue weighted by molar-refractivity contribution is -0.300. The number of hydrogen-bond donors (Lipinski definition) is 0. The molecular weight excluding hydrogens is 272 g/mol. The van der Waals surface area contributed by atoms with E-state index in [4.69, 9.17) is 9.78 Å². The molecule has 0 spiro atoms. The Morgan fingerprint density at radius 1 is 1.45 bits per heavy atom. The summed E-state index contributed by atoms with van der Waals surface area (Å²) in [5, 5.41) is 9.98. The summed E-state index contributed by atoms with van der Waals surface area (Å²) in [7, 11) is 0. The van der Waals surface area contributed by atoms with Crippen LogP contribution in [0.25, 0.3) is 0 Å². The molecule has 0 radical (unpaired) electrons. The minimum absolute atomic E-state index is 0.300. The minimum atomic E-state index is 0.300. The molecule has 0 aliphatic rings. The fraction of sp³-hybridized carbons (Fsp3) is 0.467. The zero-order valence-corrected chi connectivity index (χ0v) is 13.0. The lowest BCUT2D eigenvalue weighted by atomic mass is 10.1. The summed E-state index contributed by atoms with van der Waals surface area (Å²) in [4.78, 5) is 14.4. The third-order valence-electron chi connectivity index (χ3n) is 2.73. The van der Waals surface area contributed by atoms with Crippen molar-refractivity contribution in [2.24, 2.45) is 0 Å². The van der Waals surface area contributed by atoms with Crippen LogP contribution in [-0.2, 0) is 16.4 Å². The lowest BCUT2D eigenvalue weighted by Gasteiger charge is -2.10. The van der Waals surface area contributed by atoms with Gasteiger partial charge >= 0.3 is 0 Å². The smallest absolute Gasteiger partial charge is 0.114 e. The van der Waals surface area contributed by atoms with Crippen molar-refractivity contribution >= 4 is 11.8 Å². The molecule has 5 heteroatoms. The molecule has 1 heterocycles. The topological polar surface area (TPSA) is 55.1 Å². The Morgan fingerprint density at radius 2 is 2.20 bits per heavy atom. The maximum Gasteiger partial charge on any atom is 0.114 e. The van der Waals surface area contributed by atoms with Crippen molar-refractivity contribution in [2.45, 2.75) is 38.8 Å². The summed E-state index contributed by atoms with van der Waals surface area (Å²) in [6, 6.07) is 4.00. The summed E-state index contributed by atoms with van der Waals surface area (Å²) in [6.07, 6.45) is 0.939. The van der Waals surface area contributed by atoms with Crippen LogP contribution in [-0.4, -0.2) is 17.3 Å². The molecule has 0 N–H and O–H groups in total. The van der Waals surface area contributed by atoms with E-state index < -0.39 is 0 Å². The summed E-state index contributed by atoms with van der Waals surface area (Å²) < 4.78 is 0. The van der Waals surface area contributed by atoms with Crippen molar-refractivity contribution in [2.75, 3.05) is 12.4 Å². The molecule has 0 saturated heterocycles. The van der Waals surface area contributed by atoms with Crippen LogP contribution < -0.4 is 0 Å². The normalized spacial score (nSPS) is 10.3. The van der Waals surface area contributed by atoms with Crippen molar-refractivity contribution in [3.05, 3.63) is 35.0 Å². The number of hydrogen-bond acceptors (Lipinski definition) is 5. The van der Waals surface area contributed by atoms with Crippen LogP contribution in [0.1, 0.15) is 37.1 Å². The molecule has 0 saturated carbocycles. The second kappa shape index (κ2) is 8.75. The number of pyridine rings is 1. The fourth-order valence-electron chi connectivity index (χ4n) is 1.42. The first-order chi connectivity index (χ1) is 9.62. The molecule has 1 aromatic rings. The van der Waals surface area contributed by atoms with Gasteiger partial charge in [-0.3, -0.25) is 0 Å². The van der Waals surface area contributed by atoms with Crippen molar-refractivity contribution in [3.63, 3.8) is 0 Å². The van der Waals surface area contributed by atoms with Crippen LogP contribution in [0, 0.1) is 18.3 Å². The molecule has 1 aromatic heterocycles. The predicted molar refractivity (Wildman–Crippen MR) is 80.3 cm³/mol. The number of thioether (sulfide) groups is 1. The molecule has 0 aromatic carbocycles. The second-order valence-corrected chi connectivity index (χ2v) is 5.22. The summed E-state index contributed by atoms with van der Waals surface area (Å²) in [6.45, 7) is 10.6. The molecule has 0 bridgehead atoms. The van der Waals surface area contributed by atoms with Gasteiger partial charge in [0.1, 0.15) is 17.7 Å². The molecule has 1 rings (SSSR count). The van der Waals surface area contributed by atoms with Crippen LogP contribution in [0.4, 0.5) is 0 Å². The van der Waals surface area contributed by atoms with Gasteiger partial charge in [0.05, 0.1) is 12.2 Å².